The number of amides is 1. The third-order valence-electron chi connectivity index (χ3n) is 4.32. The fraction of sp³-hybridized carbons (Fsp3) is 0.667. The van der Waals surface area contributed by atoms with Crippen molar-refractivity contribution in [3.05, 3.63) is 21.0 Å². The van der Waals surface area contributed by atoms with E-state index in [4.69, 9.17) is 0 Å². The first-order valence-corrected chi connectivity index (χ1v) is 8.54. The molecule has 7 heteroatoms. The summed E-state index contributed by atoms with van der Waals surface area (Å²) in [7, 11) is 1.63. The minimum Gasteiger partial charge on any atom is -0.369 e. The normalized spacial score (nSPS) is 15.9. The maximum Gasteiger partial charge on any atom is 0.282 e. The van der Waals surface area contributed by atoms with Crippen LogP contribution in [0.3, 0.4) is 0 Å². The highest BCUT2D eigenvalue weighted by Crippen LogP contribution is 2.27. The van der Waals surface area contributed by atoms with Gasteiger partial charge in [-0.3, -0.25) is 9.59 Å². The van der Waals surface area contributed by atoms with Gasteiger partial charge >= 0.3 is 0 Å². The summed E-state index contributed by atoms with van der Waals surface area (Å²) in [5, 5.41) is 4.08. The maximum absolute atomic E-state index is 12.4. The van der Waals surface area contributed by atoms with Gasteiger partial charge in [-0.25, -0.2) is 4.68 Å². The number of aryl methyl sites for hydroxylation is 1. The van der Waals surface area contributed by atoms with Crippen LogP contribution in [-0.2, 0) is 11.8 Å². The van der Waals surface area contributed by atoms with Gasteiger partial charge in [-0.15, -0.1) is 0 Å². The van der Waals surface area contributed by atoms with Gasteiger partial charge in [0.2, 0.25) is 5.91 Å². The number of nitrogens with zero attached hydrogens (tertiary/aromatic N) is 4. The third kappa shape index (κ3) is 3.34. The minimum absolute atomic E-state index is 0.0921. The third-order valence-corrected chi connectivity index (χ3v) is 5.07. The van der Waals surface area contributed by atoms with E-state index in [1.165, 1.54) is 4.68 Å². The number of anilines is 1. The molecule has 0 aliphatic carbocycles. The van der Waals surface area contributed by atoms with Crippen LogP contribution in [0.4, 0.5) is 5.69 Å². The molecule has 2 rings (SSSR count). The van der Waals surface area contributed by atoms with Crippen molar-refractivity contribution in [2.45, 2.75) is 26.7 Å². The molecule has 0 atom stereocenters. The second-order valence-corrected chi connectivity index (χ2v) is 6.34. The van der Waals surface area contributed by atoms with Crippen molar-refractivity contribution in [2.75, 3.05) is 31.1 Å². The van der Waals surface area contributed by atoms with Crippen LogP contribution >= 0.6 is 15.9 Å². The van der Waals surface area contributed by atoms with Crippen LogP contribution in [-0.4, -0.2) is 46.8 Å². The Hall–Kier alpha value is -1.37. The van der Waals surface area contributed by atoms with Crippen LogP contribution < -0.4 is 10.5 Å². The number of aromatic nitrogens is 2. The summed E-state index contributed by atoms with van der Waals surface area (Å²) in [6, 6.07) is 0. The Bertz CT molecular complexity index is 590. The quantitative estimate of drug-likeness (QED) is 0.807. The first-order valence-electron chi connectivity index (χ1n) is 7.75. The van der Waals surface area contributed by atoms with Gasteiger partial charge in [-0.1, -0.05) is 0 Å². The van der Waals surface area contributed by atoms with Gasteiger partial charge in [0.15, 0.2) is 0 Å². The molecule has 0 unspecified atom stereocenters. The van der Waals surface area contributed by atoms with Crippen LogP contribution in [0.25, 0.3) is 0 Å². The molecule has 1 saturated heterocycles. The van der Waals surface area contributed by atoms with Crippen LogP contribution in [0.1, 0.15) is 26.7 Å². The average Bonchev–Trinajstić information content (AvgIpc) is 2.54. The Kier molecular flexibility index (Phi) is 5.61. The van der Waals surface area contributed by atoms with Gasteiger partial charge in [0, 0.05) is 39.1 Å². The Morgan fingerprint density at radius 3 is 2.50 bits per heavy atom. The molecule has 0 bridgehead atoms. The number of carbonyl (C=O) groups is 1. The van der Waals surface area contributed by atoms with E-state index in [0.29, 0.717) is 4.47 Å². The van der Waals surface area contributed by atoms with E-state index in [0.717, 1.165) is 44.7 Å². The standard InChI is InChI=1S/C15H23BrN4O2/c1-4-19(5-2)14(21)11-6-8-20(9-7-11)12-10-17-18(3)15(22)13(12)16/h10-11H,4-9H2,1-3H3. The molecule has 1 aliphatic rings. The fourth-order valence-corrected chi connectivity index (χ4v) is 3.49. The van der Waals surface area contributed by atoms with Gasteiger partial charge in [0.1, 0.15) is 4.47 Å². The summed E-state index contributed by atoms with van der Waals surface area (Å²) in [4.78, 5) is 28.4. The molecule has 0 aromatic carbocycles. The van der Waals surface area contributed by atoms with Crippen molar-refractivity contribution < 1.29 is 4.79 Å². The lowest BCUT2D eigenvalue weighted by Gasteiger charge is -2.35. The highest BCUT2D eigenvalue weighted by atomic mass is 79.9. The lowest BCUT2D eigenvalue weighted by molar-refractivity contribution is -0.135. The number of hydrogen-bond acceptors (Lipinski definition) is 4. The predicted octanol–water partition coefficient (Wildman–Crippen LogP) is 1.63. The molecule has 1 aliphatic heterocycles. The summed E-state index contributed by atoms with van der Waals surface area (Å²) in [5.41, 5.74) is 0.677. The summed E-state index contributed by atoms with van der Waals surface area (Å²) in [6.07, 6.45) is 3.34. The van der Waals surface area contributed by atoms with E-state index in [-0.39, 0.29) is 17.4 Å². The number of rotatable bonds is 4. The summed E-state index contributed by atoms with van der Waals surface area (Å²) in [6.45, 7) is 7.09. The Labute approximate surface area is 139 Å². The molecule has 22 heavy (non-hydrogen) atoms. The van der Waals surface area contributed by atoms with E-state index in [1.54, 1.807) is 13.2 Å². The molecule has 0 spiro atoms. The Balaban J connectivity index is 2.05. The number of piperidine rings is 1. The summed E-state index contributed by atoms with van der Waals surface area (Å²) < 4.78 is 1.85. The molecular weight excluding hydrogens is 348 g/mol. The zero-order valence-electron chi connectivity index (χ0n) is 13.4. The van der Waals surface area contributed by atoms with Crippen molar-refractivity contribution in [1.29, 1.82) is 0 Å². The van der Waals surface area contributed by atoms with Crippen molar-refractivity contribution in [3.63, 3.8) is 0 Å². The van der Waals surface area contributed by atoms with Crippen LogP contribution in [0.15, 0.2) is 15.5 Å². The van der Waals surface area contributed by atoms with Crippen molar-refractivity contribution in [3.8, 4) is 0 Å². The van der Waals surface area contributed by atoms with Gasteiger partial charge in [-0.05, 0) is 42.6 Å². The van der Waals surface area contributed by atoms with Crippen molar-refractivity contribution >= 4 is 27.5 Å². The number of halogens is 1. The zero-order valence-corrected chi connectivity index (χ0v) is 15.0. The SMILES string of the molecule is CCN(CC)C(=O)C1CCN(c2cnn(C)c(=O)c2Br)CC1. The maximum atomic E-state index is 12.4. The van der Waals surface area contributed by atoms with E-state index < -0.39 is 0 Å². The molecule has 1 aromatic heterocycles. The highest BCUT2D eigenvalue weighted by Gasteiger charge is 2.28. The minimum atomic E-state index is -0.140. The first-order chi connectivity index (χ1) is 10.5. The topological polar surface area (TPSA) is 58.4 Å². The first kappa shape index (κ1) is 17.0. The zero-order chi connectivity index (χ0) is 16.3. The van der Waals surface area contributed by atoms with E-state index in [2.05, 4.69) is 25.9 Å². The lowest BCUT2D eigenvalue weighted by Crippen LogP contribution is -2.43. The molecule has 1 aromatic rings. The summed E-state index contributed by atoms with van der Waals surface area (Å²) >= 11 is 3.37. The molecule has 122 valence electrons. The Morgan fingerprint density at radius 1 is 1.36 bits per heavy atom. The van der Waals surface area contributed by atoms with E-state index >= 15 is 0 Å². The van der Waals surface area contributed by atoms with Crippen LogP contribution in [0.2, 0.25) is 0 Å². The molecule has 2 heterocycles. The molecule has 6 nitrogen and oxygen atoms in total. The molecule has 1 fully saturated rings. The lowest BCUT2D eigenvalue weighted by atomic mass is 9.95. The summed E-state index contributed by atoms with van der Waals surface area (Å²) in [5.74, 6) is 0.347. The smallest absolute Gasteiger partial charge is 0.282 e. The van der Waals surface area contributed by atoms with E-state index in [9.17, 15) is 9.59 Å². The molecular formula is C15H23BrN4O2. The second-order valence-electron chi connectivity index (χ2n) is 5.54. The Morgan fingerprint density at radius 2 is 1.95 bits per heavy atom. The number of hydrogen-bond donors (Lipinski definition) is 0. The average molecular weight is 371 g/mol. The van der Waals surface area contributed by atoms with Crippen LogP contribution in [0, 0.1) is 5.92 Å². The predicted molar refractivity (Wildman–Crippen MR) is 90.0 cm³/mol. The van der Waals surface area contributed by atoms with Gasteiger partial charge < -0.3 is 9.80 Å². The van der Waals surface area contributed by atoms with Crippen molar-refractivity contribution in [2.24, 2.45) is 13.0 Å². The van der Waals surface area contributed by atoms with E-state index in [1.807, 2.05) is 18.7 Å². The number of carbonyl (C=O) groups excluding carboxylic acids is 1. The molecule has 0 saturated carbocycles. The van der Waals surface area contributed by atoms with Gasteiger partial charge in [0.05, 0.1) is 11.9 Å². The fourth-order valence-electron chi connectivity index (χ4n) is 2.88. The van der Waals surface area contributed by atoms with Crippen LogP contribution in [0.5, 0.6) is 0 Å². The van der Waals surface area contributed by atoms with Gasteiger partial charge in [-0.2, -0.15) is 5.10 Å². The second kappa shape index (κ2) is 7.26. The van der Waals surface area contributed by atoms with Gasteiger partial charge in [0.25, 0.3) is 5.56 Å². The molecule has 1 amide bonds. The van der Waals surface area contributed by atoms with Crippen molar-refractivity contribution in [1.82, 2.24) is 14.7 Å². The monoisotopic (exact) mass is 370 g/mol. The largest absolute Gasteiger partial charge is 0.369 e. The molecule has 0 N–H and O–H groups in total. The molecule has 0 radical (unpaired) electrons. The highest BCUT2D eigenvalue weighted by molar-refractivity contribution is 9.10.